The number of aromatic amines is 1. The monoisotopic (exact) mass is 712 g/mol. The quantitative estimate of drug-likeness (QED) is 0.194. The summed E-state index contributed by atoms with van der Waals surface area (Å²) < 4.78 is 88.1. The number of carbonyl (C=O) groups excluding carboxylic acids is 3. The molecule has 11 nitrogen and oxygen atoms in total. The van der Waals surface area contributed by atoms with Crippen LogP contribution in [0.25, 0.3) is 16.5 Å². The third-order valence-corrected chi connectivity index (χ3v) is 8.70. The lowest BCUT2D eigenvalue weighted by Crippen LogP contribution is -2.61. The van der Waals surface area contributed by atoms with E-state index in [1.54, 1.807) is 43.9 Å². The number of nitrogens with one attached hydrogen (secondary N) is 2. The van der Waals surface area contributed by atoms with Crippen LogP contribution in [0.15, 0.2) is 52.5 Å². The van der Waals surface area contributed by atoms with Gasteiger partial charge >= 0.3 is 18.4 Å². The van der Waals surface area contributed by atoms with Crippen molar-refractivity contribution in [3.05, 3.63) is 69.8 Å². The summed E-state index contributed by atoms with van der Waals surface area (Å²) in [4.78, 5) is 51.0. The van der Waals surface area contributed by atoms with Crippen LogP contribution >= 0.6 is 11.8 Å². The molecule has 1 unspecified atom stereocenters. The topological polar surface area (TPSA) is 129 Å². The first-order chi connectivity index (χ1) is 22.9. The number of amides is 3. The molecular weight excluding hydrogens is 682 g/mol. The summed E-state index contributed by atoms with van der Waals surface area (Å²) in [6.45, 7) is 4.94. The van der Waals surface area contributed by atoms with Crippen LogP contribution in [-0.2, 0) is 37.9 Å². The van der Waals surface area contributed by atoms with Gasteiger partial charge in [-0.25, -0.2) is 10.3 Å². The Kier molecular flexibility index (Phi) is 9.75. The number of hydrogen-bond acceptors (Lipinski definition) is 8. The average Bonchev–Trinajstić information content (AvgIpc) is 3.64. The van der Waals surface area contributed by atoms with Gasteiger partial charge in [0.2, 0.25) is 0 Å². The first kappa shape index (κ1) is 35.7. The smallest absolute Gasteiger partial charge is 0.416 e. The fraction of sp³-hybridized carbons (Fsp3) is 0.387. The molecule has 2 N–H and O–H groups in total. The Hall–Kier alpha value is -4.58. The van der Waals surface area contributed by atoms with Gasteiger partial charge in [0.05, 0.1) is 34.9 Å². The second-order valence-electron chi connectivity index (χ2n) is 12.1. The number of rotatable bonds is 5. The van der Waals surface area contributed by atoms with Crippen molar-refractivity contribution in [2.45, 2.75) is 51.2 Å². The summed E-state index contributed by atoms with van der Waals surface area (Å²) in [5, 5.41) is 7.39. The molecule has 3 amide bonds. The number of allylic oxidation sites excluding steroid dienone is 1. The molecule has 2 aliphatic rings. The number of alkyl halides is 6. The molecule has 1 aromatic heterocycles. The highest BCUT2D eigenvalue weighted by Crippen LogP contribution is 2.42. The molecule has 3 heterocycles. The zero-order valence-electron chi connectivity index (χ0n) is 26.5. The number of H-pyrrole nitrogens is 1. The van der Waals surface area contributed by atoms with Crippen LogP contribution in [0.1, 0.15) is 43.0 Å². The van der Waals surface area contributed by atoms with Gasteiger partial charge in [0.15, 0.2) is 5.17 Å². The maximum absolute atomic E-state index is 14.2. The Morgan fingerprint density at radius 3 is 2.43 bits per heavy atom. The van der Waals surface area contributed by atoms with E-state index in [1.807, 2.05) is 0 Å². The van der Waals surface area contributed by atoms with Crippen molar-refractivity contribution in [2.24, 2.45) is 4.99 Å². The lowest BCUT2D eigenvalue weighted by molar-refractivity contribution is -0.143. The molecule has 0 bridgehead atoms. The first-order valence-corrected chi connectivity index (χ1v) is 15.5. The molecule has 1 saturated heterocycles. The predicted octanol–water partition coefficient (Wildman–Crippen LogP) is 5.78. The fourth-order valence-corrected chi connectivity index (χ4v) is 6.37. The van der Waals surface area contributed by atoms with Crippen molar-refractivity contribution in [1.82, 2.24) is 25.5 Å². The number of hydroxylamine groups is 1. The molecule has 262 valence electrons. The number of halogens is 6. The van der Waals surface area contributed by atoms with Gasteiger partial charge in [-0.3, -0.25) is 24.4 Å². The molecule has 0 spiro atoms. The van der Waals surface area contributed by atoms with Gasteiger partial charge in [0, 0.05) is 25.0 Å². The van der Waals surface area contributed by atoms with Crippen LogP contribution < -0.4 is 5.48 Å². The van der Waals surface area contributed by atoms with E-state index in [-0.39, 0.29) is 41.3 Å². The Morgan fingerprint density at radius 2 is 1.78 bits per heavy atom. The Labute approximate surface area is 279 Å². The van der Waals surface area contributed by atoms with Gasteiger partial charge in [0.25, 0.3) is 11.8 Å². The standard InChI is InChI=1S/C31H30F6N6O5S/c1-29(2,3)48-28(46)43-10-9-42(15-23(43)25(44)41-47-4)27-39-26(45)24(49-27)20(16-6-8-22-18(11-16)14-38-40-22)12-17-5-7-19(30(32,33)34)13-21(17)31(35,36)37/h5-8,11,13-14,23H,9-10,12,15H2,1-4H3,(H,38,40)(H,41,44). The van der Waals surface area contributed by atoms with E-state index in [1.165, 1.54) is 18.2 Å². The van der Waals surface area contributed by atoms with Crippen molar-refractivity contribution in [3.8, 4) is 0 Å². The lowest BCUT2D eigenvalue weighted by Gasteiger charge is -2.41. The van der Waals surface area contributed by atoms with E-state index in [0.29, 0.717) is 22.5 Å². The van der Waals surface area contributed by atoms with E-state index in [0.717, 1.165) is 17.8 Å². The molecule has 5 rings (SSSR count). The number of piperazine rings is 1. The van der Waals surface area contributed by atoms with Crippen LogP contribution in [0, 0.1) is 0 Å². The second-order valence-corrected chi connectivity index (χ2v) is 13.1. The number of benzene rings is 2. The number of fused-ring (bicyclic) bond motifs is 1. The third-order valence-electron chi connectivity index (χ3n) is 7.54. The van der Waals surface area contributed by atoms with Gasteiger partial charge in [0.1, 0.15) is 11.6 Å². The molecular formula is C31H30F6N6O5S. The minimum atomic E-state index is -5.14. The zero-order chi connectivity index (χ0) is 35.9. The van der Waals surface area contributed by atoms with Crippen molar-refractivity contribution < 1.29 is 50.3 Å². The number of amidine groups is 1. The van der Waals surface area contributed by atoms with Crippen molar-refractivity contribution >= 4 is 51.3 Å². The predicted molar refractivity (Wildman–Crippen MR) is 167 cm³/mol. The van der Waals surface area contributed by atoms with Crippen LogP contribution in [0.5, 0.6) is 0 Å². The van der Waals surface area contributed by atoms with Gasteiger partial charge in [-0.1, -0.05) is 12.1 Å². The summed E-state index contributed by atoms with van der Waals surface area (Å²) in [7, 11) is 1.21. The molecule has 0 saturated carbocycles. The van der Waals surface area contributed by atoms with E-state index in [4.69, 9.17) is 9.57 Å². The highest BCUT2D eigenvalue weighted by Gasteiger charge is 2.42. The third kappa shape index (κ3) is 8.01. The van der Waals surface area contributed by atoms with Crippen molar-refractivity contribution in [3.63, 3.8) is 0 Å². The summed E-state index contributed by atoms with van der Waals surface area (Å²) in [5.74, 6) is -1.48. The average molecular weight is 713 g/mol. The first-order valence-electron chi connectivity index (χ1n) is 14.7. The van der Waals surface area contributed by atoms with Gasteiger partial charge in [-0.15, -0.1) is 0 Å². The minimum Gasteiger partial charge on any atom is -0.444 e. The molecule has 2 aliphatic heterocycles. The second kappa shape index (κ2) is 13.4. The lowest BCUT2D eigenvalue weighted by atomic mass is 9.92. The molecule has 1 atom stereocenters. The molecule has 2 aromatic carbocycles. The molecule has 49 heavy (non-hydrogen) atoms. The van der Waals surface area contributed by atoms with E-state index in [2.05, 4.69) is 20.7 Å². The number of nitrogens with zero attached hydrogens (tertiary/aromatic N) is 4. The number of ether oxygens (including phenoxy) is 1. The summed E-state index contributed by atoms with van der Waals surface area (Å²) in [6.07, 6.45) is -10.0. The SMILES string of the molecule is CONC(=O)C1CN(C2=NC(=O)C(=C(Cc3ccc(C(F)(F)F)cc3C(F)(F)F)c3ccc4[nH]ncc4c3)S2)CCN1C(=O)OC(C)(C)C. The van der Waals surface area contributed by atoms with Crippen LogP contribution in [0.2, 0.25) is 0 Å². The zero-order valence-corrected chi connectivity index (χ0v) is 27.3. The summed E-state index contributed by atoms with van der Waals surface area (Å²) in [6, 6.07) is 4.98. The highest BCUT2D eigenvalue weighted by atomic mass is 32.2. The maximum Gasteiger partial charge on any atom is 0.416 e. The van der Waals surface area contributed by atoms with Gasteiger partial charge < -0.3 is 9.64 Å². The van der Waals surface area contributed by atoms with Gasteiger partial charge in [-0.2, -0.15) is 36.4 Å². The number of aliphatic imine (C=N–C) groups is 1. The largest absolute Gasteiger partial charge is 0.444 e. The molecule has 1 fully saturated rings. The summed E-state index contributed by atoms with van der Waals surface area (Å²) >= 11 is 0.846. The normalized spacial score (nSPS) is 18.5. The number of hydrogen-bond donors (Lipinski definition) is 2. The van der Waals surface area contributed by atoms with Crippen LogP contribution in [-0.4, -0.2) is 81.5 Å². The fourth-order valence-electron chi connectivity index (χ4n) is 5.32. The number of thioether (sulfide) groups is 1. The van der Waals surface area contributed by atoms with E-state index < -0.39 is 65.0 Å². The molecule has 0 radical (unpaired) electrons. The molecule has 18 heteroatoms. The number of carbonyl (C=O) groups is 3. The highest BCUT2D eigenvalue weighted by molar-refractivity contribution is 8.18. The van der Waals surface area contributed by atoms with Crippen LogP contribution in [0.4, 0.5) is 31.1 Å². The Morgan fingerprint density at radius 1 is 1.04 bits per heavy atom. The summed E-state index contributed by atoms with van der Waals surface area (Å²) in [5.41, 5.74) is -1.10. The maximum atomic E-state index is 14.2. The van der Waals surface area contributed by atoms with Crippen LogP contribution in [0.3, 0.4) is 0 Å². The number of aromatic nitrogens is 2. The Balaban J connectivity index is 1.52. The van der Waals surface area contributed by atoms with Gasteiger partial charge in [-0.05, 0) is 79.9 Å². The Bertz CT molecular complexity index is 1850. The molecule has 0 aliphatic carbocycles. The van der Waals surface area contributed by atoms with Crippen molar-refractivity contribution in [1.29, 1.82) is 0 Å². The van der Waals surface area contributed by atoms with Crippen molar-refractivity contribution in [2.75, 3.05) is 26.7 Å². The minimum absolute atomic E-state index is 0.0198. The van der Waals surface area contributed by atoms with E-state index >= 15 is 0 Å². The van der Waals surface area contributed by atoms with E-state index in [9.17, 15) is 40.7 Å². The molecule has 3 aromatic rings.